The number of ether oxygens (including phenoxy) is 3. The quantitative estimate of drug-likeness (QED) is 0.840. The monoisotopic (exact) mass is 280 g/mol. The second-order valence-electron chi connectivity index (χ2n) is 4.50. The third kappa shape index (κ3) is 2.68. The van der Waals surface area contributed by atoms with Crippen LogP contribution in [0.4, 0.5) is 0 Å². The molecule has 1 aromatic carbocycles. The van der Waals surface area contributed by atoms with Crippen LogP contribution in [0.25, 0.3) is 0 Å². The summed E-state index contributed by atoms with van der Waals surface area (Å²) in [5.41, 5.74) is 0.827. The minimum absolute atomic E-state index is 0.138. The molecule has 0 amide bonds. The van der Waals surface area contributed by atoms with Gasteiger partial charge in [-0.15, -0.1) is 0 Å². The number of phenols is 1. The van der Waals surface area contributed by atoms with Crippen LogP contribution in [0.3, 0.4) is 0 Å². The molecule has 6 nitrogen and oxygen atoms in total. The van der Waals surface area contributed by atoms with E-state index in [2.05, 4.69) is 4.74 Å². The van der Waals surface area contributed by atoms with Gasteiger partial charge in [-0.25, -0.2) is 4.79 Å². The predicted octanol–water partition coefficient (Wildman–Crippen LogP) is 1.44. The van der Waals surface area contributed by atoms with Crippen molar-refractivity contribution in [1.82, 2.24) is 0 Å². The molecule has 108 valence electrons. The van der Waals surface area contributed by atoms with Crippen molar-refractivity contribution in [2.45, 2.75) is 25.4 Å². The first kappa shape index (κ1) is 14.2. The van der Waals surface area contributed by atoms with Crippen LogP contribution in [0.2, 0.25) is 0 Å². The summed E-state index contributed by atoms with van der Waals surface area (Å²) < 4.78 is 14.7. The van der Waals surface area contributed by atoms with E-state index in [1.807, 2.05) is 0 Å². The minimum atomic E-state index is -0.600. The topological polar surface area (TPSA) is 82.1 Å². The lowest BCUT2D eigenvalue weighted by molar-refractivity contribution is -0.141. The summed E-state index contributed by atoms with van der Waals surface area (Å²) in [6, 6.07) is 3.32. The molecule has 0 saturated heterocycles. The molecule has 20 heavy (non-hydrogen) atoms. The Balaban J connectivity index is 2.16. The number of hydrogen-bond acceptors (Lipinski definition) is 6. The molecule has 1 heterocycles. The number of phenolic OH excluding ortho intramolecular Hbond substituents is 1. The van der Waals surface area contributed by atoms with E-state index in [0.29, 0.717) is 18.4 Å². The van der Waals surface area contributed by atoms with Crippen LogP contribution in [0.5, 0.6) is 11.5 Å². The third-order valence-corrected chi connectivity index (χ3v) is 3.27. The predicted molar refractivity (Wildman–Crippen MR) is 68.8 cm³/mol. The lowest BCUT2D eigenvalue weighted by atomic mass is 9.95. The number of esters is 2. The molecule has 1 aliphatic rings. The Bertz CT molecular complexity index is 537. The first-order chi connectivity index (χ1) is 9.56. The molecule has 2 rings (SSSR count). The zero-order valence-electron chi connectivity index (χ0n) is 11.3. The largest absolute Gasteiger partial charge is 0.504 e. The van der Waals surface area contributed by atoms with Gasteiger partial charge < -0.3 is 19.3 Å². The summed E-state index contributed by atoms with van der Waals surface area (Å²) in [7, 11) is 2.73. The van der Waals surface area contributed by atoms with Crippen LogP contribution in [0.15, 0.2) is 12.1 Å². The number of methoxy groups -OCH3 is 2. The van der Waals surface area contributed by atoms with E-state index in [4.69, 9.17) is 9.47 Å². The maximum absolute atomic E-state index is 11.9. The summed E-state index contributed by atoms with van der Waals surface area (Å²) in [6.45, 7) is 0. The molecule has 0 unspecified atom stereocenters. The second kappa shape index (κ2) is 5.81. The van der Waals surface area contributed by atoms with Crippen molar-refractivity contribution < 1.29 is 28.9 Å². The van der Waals surface area contributed by atoms with Gasteiger partial charge in [0.25, 0.3) is 0 Å². The van der Waals surface area contributed by atoms with Crippen molar-refractivity contribution in [3.8, 4) is 11.5 Å². The van der Waals surface area contributed by atoms with Crippen LogP contribution in [0.1, 0.15) is 28.8 Å². The Morgan fingerprint density at radius 1 is 1.45 bits per heavy atom. The Kier molecular flexibility index (Phi) is 4.12. The molecule has 0 spiro atoms. The fourth-order valence-electron chi connectivity index (χ4n) is 2.22. The van der Waals surface area contributed by atoms with Crippen molar-refractivity contribution in [2.24, 2.45) is 0 Å². The van der Waals surface area contributed by atoms with E-state index >= 15 is 0 Å². The number of carbonyl (C=O) groups excluding carboxylic acids is 2. The van der Waals surface area contributed by atoms with Crippen molar-refractivity contribution >= 4 is 11.9 Å². The van der Waals surface area contributed by atoms with Gasteiger partial charge in [-0.3, -0.25) is 4.79 Å². The minimum Gasteiger partial charge on any atom is -0.504 e. The summed E-state index contributed by atoms with van der Waals surface area (Å²) in [5, 5.41) is 9.95. The highest BCUT2D eigenvalue weighted by atomic mass is 16.5. The summed E-state index contributed by atoms with van der Waals surface area (Å²) in [4.78, 5) is 23.0. The van der Waals surface area contributed by atoms with E-state index in [9.17, 15) is 14.7 Å². The molecule has 1 atom stereocenters. The Morgan fingerprint density at radius 3 is 2.85 bits per heavy atom. The first-order valence-corrected chi connectivity index (χ1v) is 6.23. The number of rotatable bonds is 4. The SMILES string of the molecule is COC(=O)CC[C@@H]1Cc2ccc(OC)c(O)c2C(=O)O1. The lowest BCUT2D eigenvalue weighted by Crippen LogP contribution is -2.28. The first-order valence-electron chi connectivity index (χ1n) is 6.23. The Hall–Kier alpha value is -2.24. The van der Waals surface area contributed by atoms with Crippen molar-refractivity contribution in [3.05, 3.63) is 23.3 Å². The fraction of sp³-hybridized carbons (Fsp3) is 0.429. The molecule has 0 aromatic heterocycles. The Labute approximate surface area is 116 Å². The van der Waals surface area contributed by atoms with Crippen molar-refractivity contribution in [2.75, 3.05) is 14.2 Å². The highest BCUT2D eigenvalue weighted by Crippen LogP contribution is 2.36. The molecule has 6 heteroatoms. The average Bonchev–Trinajstić information content (AvgIpc) is 2.44. The number of benzene rings is 1. The summed E-state index contributed by atoms with van der Waals surface area (Å²) in [6.07, 6.45) is 0.647. The maximum atomic E-state index is 11.9. The highest BCUT2D eigenvalue weighted by molar-refractivity contribution is 5.96. The zero-order valence-corrected chi connectivity index (χ0v) is 11.3. The van der Waals surface area contributed by atoms with Gasteiger partial charge in [0, 0.05) is 12.8 Å². The molecule has 0 radical (unpaired) electrons. The smallest absolute Gasteiger partial charge is 0.342 e. The second-order valence-corrected chi connectivity index (χ2v) is 4.50. The molecule has 0 aliphatic carbocycles. The molecule has 1 aromatic rings. The fourth-order valence-corrected chi connectivity index (χ4v) is 2.22. The number of cyclic esters (lactones) is 1. The van der Waals surface area contributed by atoms with Crippen LogP contribution >= 0.6 is 0 Å². The number of fused-ring (bicyclic) bond motifs is 1. The van der Waals surface area contributed by atoms with Gasteiger partial charge in [0.2, 0.25) is 0 Å². The van der Waals surface area contributed by atoms with Gasteiger partial charge in [-0.2, -0.15) is 0 Å². The normalized spacial score (nSPS) is 17.1. The number of carbonyl (C=O) groups is 2. The van der Waals surface area contributed by atoms with E-state index in [1.165, 1.54) is 14.2 Å². The van der Waals surface area contributed by atoms with E-state index < -0.39 is 5.97 Å². The average molecular weight is 280 g/mol. The molecule has 0 fully saturated rings. The van der Waals surface area contributed by atoms with E-state index in [0.717, 1.165) is 0 Å². The number of aromatic hydroxyl groups is 1. The number of hydrogen-bond donors (Lipinski definition) is 1. The molecule has 1 N–H and O–H groups in total. The van der Waals surface area contributed by atoms with Gasteiger partial charge in [-0.05, 0) is 18.1 Å². The van der Waals surface area contributed by atoms with Gasteiger partial charge in [0.1, 0.15) is 11.7 Å². The van der Waals surface area contributed by atoms with Gasteiger partial charge in [-0.1, -0.05) is 6.07 Å². The zero-order chi connectivity index (χ0) is 14.7. The van der Waals surface area contributed by atoms with Crippen LogP contribution < -0.4 is 4.74 Å². The van der Waals surface area contributed by atoms with Crippen LogP contribution in [0, 0.1) is 0 Å². The van der Waals surface area contributed by atoms with Crippen molar-refractivity contribution in [1.29, 1.82) is 0 Å². The summed E-state index contributed by atoms with van der Waals surface area (Å²) >= 11 is 0. The molecule has 0 bridgehead atoms. The van der Waals surface area contributed by atoms with Gasteiger partial charge in [0.15, 0.2) is 11.5 Å². The van der Waals surface area contributed by atoms with Crippen LogP contribution in [-0.4, -0.2) is 37.4 Å². The van der Waals surface area contributed by atoms with E-state index in [-0.39, 0.29) is 35.6 Å². The maximum Gasteiger partial charge on any atom is 0.342 e. The van der Waals surface area contributed by atoms with E-state index in [1.54, 1.807) is 12.1 Å². The highest BCUT2D eigenvalue weighted by Gasteiger charge is 2.30. The standard InChI is InChI=1S/C14H16O6/c1-18-10-5-3-8-7-9(4-6-11(15)19-2)20-14(17)12(8)13(10)16/h3,5,9,16H,4,6-7H2,1-2H3/t9-/m1/s1. The lowest BCUT2D eigenvalue weighted by Gasteiger charge is -2.25. The Morgan fingerprint density at radius 2 is 2.20 bits per heavy atom. The van der Waals surface area contributed by atoms with Crippen molar-refractivity contribution in [3.63, 3.8) is 0 Å². The van der Waals surface area contributed by atoms with Crippen LogP contribution in [-0.2, 0) is 20.7 Å². The molecular formula is C14H16O6. The van der Waals surface area contributed by atoms with Gasteiger partial charge in [0.05, 0.1) is 14.2 Å². The van der Waals surface area contributed by atoms with Gasteiger partial charge >= 0.3 is 11.9 Å². The molecular weight excluding hydrogens is 264 g/mol. The third-order valence-electron chi connectivity index (χ3n) is 3.27. The summed E-state index contributed by atoms with van der Waals surface area (Å²) in [5.74, 6) is -0.919. The molecule has 1 aliphatic heterocycles. The molecule has 0 saturated carbocycles.